The van der Waals surface area contributed by atoms with Gasteiger partial charge in [0.15, 0.2) is 6.21 Å². The van der Waals surface area contributed by atoms with Crippen LogP contribution in [-0.4, -0.2) is 61.2 Å². The van der Waals surface area contributed by atoms with E-state index in [-0.39, 0.29) is 35.9 Å². The molecule has 0 amide bonds. The van der Waals surface area contributed by atoms with Gasteiger partial charge in [-0.1, -0.05) is 31.2 Å². The topological polar surface area (TPSA) is 123 Å². The molecule has 8 unspecified atom stereocenters. The molecule has 0 aromatic rings. The number of ketones is 1. The van der Waals surface area contributed by atoms with Gasteiger partial charge in [0, 0.05) is 45.1 Å². The maximum atomic E-state index is 13.1. The van der Waals surface area contributed by atoms with Gasteiger partial charge in [0.1, 0.15) is 24.0 Å². The van der Waals surface area contributed by atoms with E-state index in [0.717, 1.165) is 57.9 Å². The van der Waals surface area contributed by atoms with Crippen LogP contribution in [0.4, 0.5) is 0 Å². The Morgan fingerprint density at radius 1 is 1.21 bits per heavy atom. The lowest BCUT2D eigenvalue weighted by molar-refractivity contribution is -0.148. The number of nitrogens with one attached hydrogen (secondary N) is 1. The first kappa shape index (κ1) is 33.6. The van der Waals surface area contributed by atoms with Crippen LogP contribution in [0.1, 0.15) is 97.3 Å². The van der Waals surface area contributed by atoms with Crippen LogP contribution in [0, 0.1) is 29.7 Å². The maximum absolute atomic E-state index is 13.1. The molecule has 238 valence electrons. The van der Waals surface area contributed by atoms with Gasteiger partial charge in [-0.15, -0.1) is 4.99 Å². The monoisotopic (exact) mass is 596 g/mol. The Morgan fingerprint density at radius 3 is 2.77 bits per heavy atom. The van der Waals surface area contributed by atoms with E-state index < -0.39 is 12.2 Å². The average Bonchev–Trinajstić information content (AvgIpc) is 3.42. The van der Waals surface area contributed by atoms with Crippen molar-refractivity contribution in [3.05, 3.63) is 42.0 Å². The number of aliphatic hydroxyl groups excluding tert-OH is 1. The third-order valence-corrected chi connectivity index (χ3v) is 10.3. The van der Waals surface area contributed by atoms with Crippen LogP contribution in [-0.2, 0) is 19.1 Å². The molecule has 2 heterocycles. The first-order valence-electron chi connectivity index (χ1n) is 16.5. The Balaban J connectivity index is 1.36. The van der Waals surface area contributed by atoms with Crippen LogP contribution in [0.5, 0.6) is 0 Å². The molecule has 1 saturated heterocycles. The van der Waals surface area contributed by atoms with Crippen LogP contribution in [0.25, 0.3) is 0 Å². The number of methoxy groups -OCH3 is 1. The third kappa shape index (κ3) is 9.87. The van der Waals surface area contributed by atoms with Crippen molar-refractivity contribution in [1.82, 2.24) is 5.32 Å². The number of carbonyl (C=O) groups is 2. The number of hydrogen-bond acceptors (Lipinski definition) is 8. The molecule has 4 N–H and O–H groups in total. The van der Waals surface area contributed by atoms with Gasteiger partial charge < -0.3 is 25.6 Å². The summed E-state index contributed by atoms with van der Waals surface area (Å²) in [6, 6.07) is 0. The van der Waals surface area contributed by atoms with E-state index in [0.29, 0.717) is 37.0 Å². The summed E-state index contributed by atoms with van der Waals surface area (Å²) in [5.74, 6) is 1.09. The second kappa shape index (κ2) is 16.2. The number of allylic oxidation sites excluding steroid dienone is 5. The molecule has 4 rings (SSSR count). The summed E-state index contributed by atoms with van der Waals surface area (Å²) < 4.78 is 11.2. The molecule has 0 aromatic carbocycles. The SMILES string of the molecule is COC1CC(CCC(=O)CC(CCC2(CC3=C(CCC4CCNC(N)C4)[CH+]N=C3)C=CC=CC2C)OC(C)=O)CCC1O. The number of rotatable bonds is 15. The zero-order valence-corrected chi connectivity index (χ0v) is 26.5. The molecular weight excluding hydrogens is 542 g/mol. The molecule has 1 saturated carbocycles. The Bertz CT molecular complexity index is 1070. The van der Waals surface area contributed by atoms with Crippen LogP contribution in [0.15, 0.2) is 40.4 Å². The maximum Gasteiger partial charge on any atom is 0.302 e. The zero-order valence-electron chi connectivity index (χ0n) is 26.5. The molecular formula is C35H54N3O5+. The lowest BCUT2D eigenvalue weighted by atomic mass is 9.66. The largest absolute Gasteiger partial charge is 0.462 e. The van der Waals surface area contributed by atoms with Crippen molar-refractivity contribution < 1.29 is 24.2 Å². The molecule has 0 radical (unpaired) electrons. The van der Waals surface area contributed by atoms with Crippen molar-refractivity contribution in [2.75, 3.05) is 13.7 Å². The van der Waals surface area contributed by atoms with Gasteiger partial charge in [0.05, 0.1) is 23.9 Å². The lowest BCUT2D eigenvalue weighted by Gasteiger charge is -2.37. The van der Waals surface area contributed by atoms with Gasteiger partial charge in [-0.05, 0) is 82.1 Å². The molecule has 8 atom stereocenters. The number of hydrogen-bond donors (Lipinski definition) is 3. The summed E-state index contributed by atoms with van der Waals surface area (Å²) in [6.45, 7) is 6.70. The van der Waals surface area contributed by atoms with Crippen molar-refractivity contribution in [3.63, 3.8) is 0 Å². The summed E-state index contributed by atoms with van der Waals surface area (Å²) in [5, 5.41) is 13.4. The van der Waals surface area contributed by atoms with Gasteiger partial charge in [-0.25, -0.2) is 0 Å². The smallest absolute Gasteiger partial charge is 0.302 e. The quantitative estimate of drug-likeness (QED) is 0.172. The second-order valence-corrected chi connectivity index (χ2v) is 13.5. The molecule has 2 aliphatic heterocycles. The van der Waals surface area contributed by atoms with Crippen LogP contribution >= 0.6 is 0 Å². The number of nitrogens with two attached hydrogens (primary N) is 1. The minimum Gasteiger partial charge on any atom is -0.462 e. The lowest BCUT2D eigenvalue weighted by Crippen LogP contribution is -2.44. The molecule has 2 aliphatic carbocycles. The summed E-state index contributed by atoms with van der Waals surface area (Å²) in [4.78, 5) is 29.7. The molecule has 0 aromatic heterocycles. The standard InChI is InChI=1S/C35H54N3O5/c1-24-6-4-5-15-35(24,21-29-23-37-22-28(29)10-7-27-14-17-38-34(36)19-27)16-13-31(43-25(2)39)20-30(40)11-8-26-9-12-32(41)33(18-26)42-3/h4-6,15,22-24,26-27,31-34,38,41H,7-14,16-21,36H2,1-3H3/q+1. The van der Waals surface area contributed by atoms with Crippen LogP contribution in [0.3, 0.4) is 0 Å². The van der Waals surface area contributed by atoms with E-state index in [4.69, 9.17) is 15.2 Å². The van der Waals surface area contributed by atoms with Crippen molar-refractivity contribution in [2.45, 2.75) is 122 Å². The number of carbonyl (C=O) groups excluding carboxylic acids is 2. The van der Waals surface area contributed by atoms with Gasteiger partial charge in [0.25, 0.3) is 0 Å². The number of piperidine rings is 1. The number of nitrogens with zero attached hydrogens (tertiary/aromatic N) is 1. The molecule has 43 heavy (non-hydrogen) atoms. The van der Waals surface area contributed by atoms with Crippen molar-refractivity contribution in [1.29, 1.82) is 0 Å². The summed E-state index contributed by atoms with van der Waals surface area (Å²) in [7, 11) is 1.64. The van der Waals surface area contributed by atoms with E-state index in [1.165, 1.54) is 24.5 Å². The Labute approximate surface area is 258 Å². The summed E-state index contributed by atoms with van der Waals surface area (Å²) >= 11 is 0. The summed E-state index contributed by atoms with van der Waals surface area (Å²) in [5.41, 5.74) is 8.61. The number of aliphatic imine (C=N–C) groups is 1. The number of aliphatic hydroxyl groups is 1. The predicted molar refractivity (Wildman–Crippen MR) is 170 cm³/mol. The second-order valence-electron chi connectivity index (χ2n) is 13.5. The highest BCUT2D eigenvalue weighted by Gasteiger charge is 2.39. The van der Waals surface area contributed by atoms with E-state index in [1.54, 1.807) is 7.11 Å². The molecule has 8 nitrogen and oxygen atoms in total. The van der Waals surface area contributed by atoms with Crippen LogP contribution < -0.4 is 11.1 Å². The highest BCUT2D eigenvalue weighted by molar-refractivity contribution is 5.84. The fourth-order valence-electron chi connectivity index (χ4n) is 7.52. The van der Waals surface area contributed by atoms with Gasteiger partial charge in [-0.3, -0.25) is 9.59 Å². The normalized spacial score (nSPS) is 33.0. The fourth-order valence-corrected chi connectivity index (χ4v) is 7.52. The highest BCUT2D eigenvalue weighted by atomic mass is 16.5. The van der Waals surface area contributed by atoms with E-state index in [1.807, 2.05) is 12.8 Å². The minimum absolute atomic E-state index is 0.0978. The van der Waals surface area contributed by atoms with E-state index >= 15 is 0 Å². The Morgan fingerprint density at radius 2 is 2.02 bits per heavy atom. The Hall–Kier alpha value is -2.26. The average molecular weight is 597 g/mol. The molecule has 0 spiro atoms. The van der Waals surface area contributed by atoms with Gasteiger partial charge in [-0.2, -0.15) is 0 Å². The highest BCUT2D eigenvalue weighted by Crippen LogP contribution is 2.45. The van der Waals surface area contributed by atoms with E-state index in [2.05, 4.69) is 41.5 Å². The minimum atomic E-state index is -0.435. The zero-order chi connectivity index (χ0) is 30.8. The molecule has 4 aliphatic rings. The Kier molecular flexibility index (Phi) is 12.6. The third-order valence-electron chi connectivity index (χ3n) is 10.3. The van der Waals surface area contributed by atoms with Gasteiger partial charge >= 0.3 is 5.97 Å². The van der Waals surface area contributed by atoms with Crippen molar-refractivity contribution >= 4 is 18.0 Å². The number of esters is 1. The van der Waals surface area contributed by atoms with E-state index in [9.17, 15) is 14.7 Å². The molecule has 2 fully saturated rings. The number of ether oxygens (including phenoxy) is 2. The summed E-state index contributed by atoms with van der Waals surface area (Å²) in [6.07, 6.45) is 20.4. The molecule has 8 heteroatoms. The first-order chi connectivity index (χ1) is 20.7. The van der Waals surface area contributed by atoms with Crippen LogP contribution in [0.2, 0.25) is 0 Å². The van der Waals surface area contributed by atoms with Crippen molar-refractivity contribution in [3.8, 4) is 0 Å². The molecule has 0 bridgehead atoms. The van der Waals surface area contributed by atoms with Gasteiger partial charge in [0.2, 0.25) is 0 Å². The first-order valence-corrected chi connectivity index (χ1v) is 16.5. The fraction of sp³-hybridized carbons (Fsp3) is 0.714. The number of Topliss-reactive ketones (excluding diaryl/α,β-unsaturated/α-hetero) is 1. The predicted octanol–water partition coefficient (Wildman–Crippen LogP) is 5.36. The van der Waals surface area contributed by atoms with Crippen molar-refractivity contribution in [2.24, 2.45) is 33.9 Å².